The maximum atomic E-state index is 11.6. The molecule has 1 rings (SSSR count). The second kappa shape index (κ2) is 5.66. The first kappa shape index (κ1) is 12.7. The molecule has 0 saturated carbocycles. The Morgan fingerprint density at radius 2 is 2.12 bits per heavy atom. The maximum absolute atomic E-state index is 11.6. The summed E-state index contributed by atoms with van der Waals surface area (Å²) in [5.41, 5.74) is 1.72. The minimum absolute atomic E-state index is 0.0988. The Bertz CT molecular complexity index is 372. The Labute approximate surface area is 96.8 Å². The fourth-order valence-corrected chi connectivity index (χ4v) is 1.47. The van der Waals surface area contributed by atoms with Crippen molar-refractivity contribution in [2.75, 3.05) is 13.6 Å². The number of rotatable bonds is 5. The van der Waals surface area contributed by atoms with Crippen LogP contribution in [-0.2, 0) is 0 Å². The predicted octanol–water partition coefficient (Wildman–Crippen LogP) is 2.18. The average molecular weight is 221 g/mol. The molecule has 0 radical (unpaired) electrons. The Morgan fingerprint density at radius 3 is 2.62 bits per heavy atom. The van der Waals surface area contributed by atoms with Crippen LogP contribution < -0.4 is 10.1 Å². The molecule has 0 unspecified atom stereocenters. The van der Waals surface area contributed by atoms with E-state index in [1.165, 1.54) is 0 Å². The van der Waals surface area contributed by atoms with Crippen LogP contribution in [0.1, 0.15) is 29.8 Å². The molecule has 3 nitrogen and oxygen atoms in total. The molecule has 0 aliphatic heterocycles. The zero-order valence-electron chi connectivity index (χ0n) is 10.3. The first-order valence-corrected chi connectivity index (χ1v) is 5.49. The minimum Gasteiger partial charge on any atom is -0.491 e. The molecule has 0 fully saturated rings. The third-order valence-electron chi connectivity index (χ3n) is 2.20. The lowest BCUT2D eigenvalue weighted by Gasteiger charge is -2.13. The Balaban J connectivity index is 2.86. The van der Waals surface area contributed by atoms with Crippen molar-refractivity contribution < 1.29 is 9.53 Å². The van der Waals surface area contributed by atoms with Crippen molar-refractivity contribution in [1.82, 2.24) is 5.32 Å². The van der Waals surface area contributed by atoms with E-state index in [0.717, 1.165) is 16.9 Å². The van der Waals surface area contributed by atoms with Crippen molar-refractivity contribution in [3.63, 3.8) is 0 Å². The molecule has 88 valence electrons. The number of nitrogens with one attached hydrogen (secondary N) is 1. The lowest BCUT2D eigenvalue weighted by molar-refractivity contribution is 0.0993. The van der Waals surface area contributed by atoms with Gasteiger partial charge in [-0.25, -0.2) is 0 Å². The second-order valence-electron chi connectivity index (χ2n) is 4.10. The van der Waals surface area contributed by atoms with E-state index in [4.69, 9.17) is 4.74 Å². The van der Waals surface area contributed by atoms with Crippen molar-refractivity contribution in [2.45, 2.75) is 26.9 Å². The summed E-state index contributed by atoms with van der Waals surface area (Å²) < 4.78 is 5.61. The third-order valence-corrected chi connectivity index (χ3v) is 2.20. The lowest BCUT2D eigenvalue weighted by atomic mass is 10.1. The number of hydrogen-bond acceptors (Lipinski definition) is 3. The number of benzene rings is 1. The van der Waals surface area contributed by atoms with E-state index in [9.17, 15) is 4.79 Å². The van der Waals surface area contributed by atoms with Crippen molar-refractivity contribution in [3.05, 3.63) is 29.3 Å². The van der Waals surface area contributed by atoms with Gasteiger partial charge in [-0.1, -0.05) is 0 Å². The molecule has 0 aliphatic rings. The maximum Gasteiger partial charge on any atom is 0.176 e. The number of ether oxygens (including phenoxy) is 1. The van der Waals surface area contributed by atoms with Gasteiger partial charge in [0, 0.05) is 5.56 Å². The molecule has 0 bridgehead atoms. The standard InChI is InChI=1S/C13H19NO2/c1-9(2)16-13-6-5-11(7-10(13)3)12(15)8-14-4/h5-7,9,14H,8H2,1-4H3. The molecular weight excluding hydrogens is 202 g/mol. The summed E-state index contributed by atoms with van der Waals surface area (Å²) in [5.74, 6) is 0.942. The van der Waals surface area contributed by atoms with E-state index in [0.29, 0.717) is 6.54 Å². The number of ketones is 1. The fourth-order valence-electron chi connectivity index (χ4n) is 1.47. The van der Waals surface area contributed by atoms with Gasteiger partial charge in [-0.3, -0.25) is 4.79 Å². The number of hydrogen-bond donors (Lipinski definition) is 1. The number of Topliss-reactive ketones (excluding diaryl/α,β-unsaturated/α-hetero) is 1. The third kappa shape index (κ3) is 3.35. The number of carbonyl (C=O) groups excluding carboxylic acids is 1. The monoisotopic (exact) mass is 221 g/mol. The second-order valence-corrected chi connectivity index (χ2v) is 4.10. The topological polar surface area (TPSA) is 38.3 Å². The van der Waals surface area contributed by atoms with E-state index in [2.05, 4.69) is 5.32 Å². The van der Waals surface area contributed by atoms with E-state index >= 15 is 0 Å². The molecule has 0 atom stereocenters. The van der Waals surface area contributed by atoms with Crippen LogP contribution in [0.25, 0.3) is 0 Å². The summed E-state index contributed by atoms with van der Waals surface area (Å²) in [6.45, 7) is 6.29. The Hall–Kier alpha value is -1.35. The molecule has 0 saturated heterocycles. The molecule has 1 aromatic carbocycles. The normalized spacial score (nSPS) is 10.6. The number of carbonyl (C=O) groups is 1. The van der Waals surface area contributed by atoms with Crippen LogP contribution in [0.2, 0.25) is 0 Å². The largest absolute Gasteiger partial charge is 0.491 e. The SMILES string of the molecule is CNCC(=O)c1ccc(OC(C)C)c(C)c1. The molecule has 0 amide bonds. The van der Waals surface area contributed by atoms with Crippen molar-refractivity contribution in [1.29, 1.82) is 0 Å². The van der Waals surface area contributed by atoms with Crippen LogP contribution in [-0.4, -0.2) is 25.5 Å². The summed E-state index contributed by atoms with van der Waals surface area (Å²) in [4.78, 5) is 11.6. The van der Waals surface area contributed by atoms with Crippen molar-refractivity contribution in [3.8, 4) is 5.75 Å². The van der Waals surface area contributed by atoms with Gasteiger partial charge in [0.05, 0.1) is 12.6 Å². The van der Waals surface area contributed by atoms with Crippen molar-refractivity contribution >= 4 is 5.78 Å². The number of aryl methyl sites for hydroxylation is 1. The van der Waals surface area contributed by atoms with Gasteiger partial charge in [-0.15, -0.1) is 0 Å². The minimum atomic E-state index is 0.0988. The van der Waals surface area contributed by atoms with Crippen LogP contribution in [0, 0.1) is 6.92 Å². The van der Waals surface area contributed by atoms with Gasteiger partial charge in [0.1, 0.15) is 5.75 Å². The van der Waals surface area contributed by atoms with Crippen LogP contribution in [0.3, 0.4) is 0 Å². The van der Waals surface area contributed by atoms with Crippen LogP contribution in [0.4, 0.5) is 0 Å². The first-order valence-electron chi connectivity index (χ1n) is 5.49. The highest BCUT2D eigenvalue weighted by Gasteiger charge is 2.08. The molecule has 1 aromatic rings. The highest BCUT2D eigenvalue weighted by molar-refractivity contribution is 5.97. The highest BCUT2D eigenvalue weighted by atomic mass is 16.5. The van der Waals surface area contributed by atoms with Gasteiger partial charge < -0.3 is 10.1 Å². The zero-order chi connectivity index (χ0) is 12.1. The fraction of sp³-hybridized carbons (Fsp3) is 0.462. The number of likely N-dealkylation sites (N-methyl/N-ethyl adjacent to an activating group) is 1. The molecule has 3 heteroatoms. The summed E-state index contributed by atoms with van der Waals surface area (Å²) in [6.07, 6.45) is 0.151. The Kier molecular flexibility index (Phi) is 4.50. The molecular formula is C13H19NO2. The van der Waals surface area contributed by atoms with Gasteiger partial charge in [0.2, 0.25) is 0 Å². The van der Waals surface area contributed by atoms with Gasteiger partial charge >= 0.3 is 0 Å². The lowest BCUT2D eigenvalue weighted by Crippen LogP contribution is -2.18. The summed E-state index contributed by atoms with van der Waals surface area (Å²) >= 11 is 0. The summed E-state index contributed by atoms with van der Waals surface area (Å²) in [7, 11) is 1.76. The molecule has 16 heavy (non-hydrogen) atoms. The summed E-state index contributed by atoms with van der Waals surface area (Å²) in [5, 5.41) is 2.85. The van der Waals surface area contributed by atoms with Crippen LogP contribution in [0.5, 0.6) is 5.75 Å². The van der Waals surface area contributed by atoms with E-state index in [1.54, 1.807) is 7.05 Å². The van der Waals surface area contributed by atoms with Crippen LogP contribution in [0.15, 0.2) is 18.2 Å². The van der Waals surface area contributed by atoms with E-state index < -0.39 is 0 Å². The molecule has 1 N–H and O–H groups in total. The molecule has 0 aromatic heterocycles. The van der Waals surface area contributed by atoms with Gasteiger partial charge in [0.25, 0.3) is 0 Å². The van der Waals surface area contributed by atoms with Gasteiger partial charge in [-0.2, -0.15) is 0 Å². The smallest absolute Gasteiger partial charge is 0.176 e. The highest BCUT2D eigenvalue weighted by Crippen LogP contribution is 2.20. The quantitative estimate of drug-likeness (QED) is 0.774. The average Bonchev–Trinajstić information content (AvgIpc) is 2.20. The van der Waals surface area contributed by atoms with Crippen molar-refractivity contribution in [2.24, 2.45) is 0 Å². The van der Waals surface area contributed by atoms with E-state index in [-0.39, 0.29) is 11.9 Å². The van der Waals surface area contributed by atoms with Crippen LogP contribution >= 0.6 is 0 Å². The van der Waals surface area contributed by atoms with Gasteiger partial charge in [-0.05, 0) is 51.6 Å². The predicted molar refractivity (Wildman–Crippen MR) is 65.2 cm³/mol. The molecule has 0 aliphatic carbocycles. The first-order chi connectivity index (χ1) is 7.54. The Morgan fingerprint density at radius 1 is 1.44 bits per heavy atom. The molecule has 0 spiro atoms. The summed E-state index contributed by atoms with van der Waals surface area (Å²) in [6, 6.07) is 5.54. The zero-order valence-corrected chi connectivity index (χ0v) is 10.3. The van der Waals surface area contributed by atoms with E-state index in [1.807, 2.05) is 39.0 Å². The van der Waals surface area contributed by atoms with Gasteiger partial charge in [0.15, 0.2) is 5.78 Å². The molecule has 0 heterocycles.